The Morgan fingerprint density at radius 1 is 0.583 bits per heavy atom. The maximum atomic E-state index is 13.2. The Morgan fingerprint density at radius 2 is 0.938 bits per heavy atom. The molecule has 0 N–H and O–H groups in total. The monoisotopic (exact) mass is 782 g/mol. The Kier molecular flexibility index (Phi) is 14.4. The predicted octanol–water partition coefficient (Wildman–Crippen LogP) is 10.9. The van der Waals surface area contributed by atoms with Gasteiger partial charge in [-0.3, -0.25) is 0 Å². The van der Waals surface area contributed by atoms with E-state index >= 15 is 0 Å². The van der Waals surface area contributed by atoms with Gasteiger partial charge in [0.25, 0.3) is 0 Å². The van der Waals surface area contributed by atoms with E-state index in [2.05, 4.69) is 13.8 Å². The third-order valence-corrected chi connectivity index (χ3v) is 11.5. The van der Waals surface area contributed by atoms with Gasteiger partial charge in [0, 0.05) is 0 Å². The summed E-state index contributed by atoms with van der Waals surface area (Å²) < 4.78 is 21.4. The lowest BCUT2D eigenvalue weighted by molar-refractivity contribution is -0.156. The van der Waals surface area contributed by atoms with Crippen LogP contribution in [0.4, 0.5) is 0 Å². The molecule has 2 saturated carbocycles. The molecule has 8 nitrogen and oxygen atoms in total. The fraction of sp³-hybridized carbons (Fsp3) is 0.529. The average Bonchev–Trinajstić information content (AvgIpc) is 3.71. The third-order valence-electron chi connectivity index (χ3n) is 9.34. The Balaban J connectivity index is 1.48. The molecule has 0 amide bonds. The molecule has 2 aliphatic rings. The first-order chi connectivity index (χ1) is 22.9. The van der Waals surface area contributed by atoms with Gasteiger partial charge in [-0.15, -0.1) is 0 Å². The van der Waals surface area contributed by atoms with Crippen molar-refractivity contribution in [3.05, 3.63) is 53.4 Å². The number of rotatable bonds is 12. The lowest BCUT2D eigenvalue weighted by atomic mass is 9.91. The van der Waals surface area contributed by atoms with E-state index in [9.17, 15) is 19.2 Å². The molecule has 4 rings (SSSR count). The summed E-state index contributed by atoms with van der Waals surface area (Å²) in [6, 6.07) is 2.28. The van der Waals surface area contributed by atoms with E-state index < -0.39 is 46.5 Å². The van der Waals surface area contributed by atoms with Crippen molar-refractivity contribution in [2.75, 3.05) is 13.2 Å². The van der Waals surface area contributed by atoms with Crippen LogP contribution in [-0.4, -0.2) is 37.1 Å². The summed E-state index contributed by atoms with van der Waals surface area (Å²) in [6.07, 6.45) is 9.99. The molecular formula is C34H36Cl6O8. The number of benzene rings is 2. The van der Waals surface area contributed by atoms with Gasteiger partial charge in [0.2, 0.25) is 0 Å². The van der Waals surface area contributed by atoms with Crippen LogP contribution in [0, 0.1) is 23.7 Å². The van der Waals surface area contributed by atoms with Crippen LogP contribution in [0.25, 0.3) is 0 Å². The molecule has 0 radical (unpaired) electrons. The molecule has 2 aliphatic carbocycles. The standard InChI is InChI=1S/C34H36Cl6O8/c1-3-17-7-5-9-19(17)11-13-45-31(41)25-27(39)21(35)15-23(37)29(25)47-33(43)34(44)48-30-24(38)16-22(36)28(40)26(30)32(42)46-14-12-20-10-6-8-18(20)4-2/h15-20H,3-14H2,1-2H3. The van der Waals surface area contributed by atoms with Crippen LogP contribution in [0.15, 0.2) is 12.1 Å². The van der Waals surface area contributed by atoms with E-state index in [1.165, 1.54) is 0 Å². The van der Waals surface area contributed by atoms with Crippen molar-refractivity contribution in [2.24, 2.45) is 23.7 Å². The number of esters is 4. The van der Waals surface area contributed by atoms with Gasteiger partial charge in [0.05, 0.1) is 43.3 Å². The van der Waals surface area contributed by atoms with Gasteiger partial charge in [0.15, 0.2) is 11.5 Å². The summed E-state index contributed by atoms with van der Waals surface area (Å²) in [5.74, 6) is -4.33. The highest BCUT2D eigenvalue weighted by atomic mass is 35.5. The first-order valence-corrected chi connectivity index (χ1v) is 18.3. The molecule has 0 spiro atoms. The lowest BCUT2D eigenvalue weighted by Gasteiger charge is -2.19. The van der Waals surface area contributed by atoms with Crippen molar-refractivity contribution in [1.29, 1.82) is 0 Å². The van der Waals surface area contributed by atoms with Crippen LogP contribution in [0.2, 0.25) is 30.1 Å². The summed E-state index contributed by atoms with van der Waals surface area (Å²) in [5.41, 5.74) is -0.892. The number of hydrogen-bond acceptors (Lipinski definition) is 8. The van der Waals surface area contributed by atoms with E-state index in [-0.39, 0.29) is 43.3 Å². The normalized spacial score (nSPS) is 20.4. The molecular weight excluding hydrogens is 749 g/mol. The Morgan fingerprint density at radius 3 is 1.29 bits per heavy atom. The second-order valence-corrected chi connectivity index (χ2v) is 14.4. The maximum absolute atomic E-state index is 13.2. The van der Waals surface area contributed by atoms with Crippen molar-refractivity contribution in [3.63, 3.8) is 0 Å². The third kappa shape index (κ3) is 9.23. The Bertz CT molecular complexity index is 1430. The van der Waals surface area contributed by atoms with Crippen molar-refractivity contribution in [3.8, 4) is 11.5 Å². The van der Waals surface area contributed by atoms with Crippen LogP contribution in [0.5, 0.6) is 11.5 Å². The minimum absolute atomic E-state index is 0.0877. The van der Waals surface area contributed by atoms with Crippen molar-refractivity contribution in [1.82, 2.24) is 0 Å². The maximum Gasteiger partial charge on any atom is 0.423 e. The quantitative estimate of drug-likeness (QED) is 0.0907. The van der Waals surface area contributed by atoms with Gasteiger partial charge < -0.3 is 18.9 Å². The topological polar surface area (TPSA) is 105 Å². The number of ether oxygens (including phenoxy) is 4. The molecule has 2 aromatic rings. The van der Waals surface area contributed by atoms with Gasteiger partial charge >= 0.3 is 23.9 Å². The molecule has 0 aliphatic heterocycles. The summed E-state index contributed by atoms with van der Waals surface area (Å²) in [6.45, 7) is 4.44. The van der Waals surface area contributed by atoms with Crippen molar-refractivity contribution < 1.29 is 38.1 Å². The molecule has 4 unspecified atom stereocenters. The fourth-order valence-corrected chi connectivity index (χ4v) is 8.24. The summed E-state index contributed by atoms with van der Waals surface area (Å²) >= 11 is 37.5. The molecule has 0 bridgehead atoms. The van der Waals surface area contributed by atoms with Gasteiger partial charge in [-0.1, -0.05) is 135 Å². The van der Waals surface area contributed by atoms with Crippen LogP contribution < -0.4 is 9.47 Å². The number of halogens is 6. The molecule has 2 aromatic carbocycles. The van der Waals surface area contributed by atoms with Crippen LogP contribution >= 0.6 is 69.6 Å². The first-order valence-electron chi connectivity index (χ1n) is 16.0. The molecule has 0 saturated heterocycles. The van der Waals surface area contributed by atoms with E-state index in [4.69, 9.17) is 88.6 Å². The minimum atomic E-state index is -1.63. The smallest absolute Gasteiger partial charge is 0.423 e. The fourth-order valence-electron chi connectivity index (χ4n) is 6.80. The van der Waals surface area contributed by atoms with E-state index in [1.54, 1.807) is 0 Å². The van der Waals surface area contributed by atoms with Crippen LogP contribution in [0.1, 0.15) is 98.8 Å². The summed E-state index contributed by atoms with van der Waals surface area (Å²) in [7, 11) is 0. The molecule has 0 heterocycles. The van der Waals surface area contributed by atoms with Crippen LogP contribution in [0.3, 0.4) is 0 Å². The Hall–Kier alpha value is -1.94. The number of carbonyl (C=O) groups excluding carboxylic acids is 4. The lowest BCUT2D eigenvalue weighted by Crippen LogP contribution is -2.27. The molecule has 0 aromatic heterocycles. The van der Waals surface area contributed by atoms with Gasteiger partial charge in [-0.2, -0.15) is 0 Å². The van der Waals surface area contributed by atoms with Crippen molar-refractivity contribution in [2.45, 2.75) is 78.1 Å². The highest BCUT2D eigenvalue weighted by Gasteiger charge is 2.33. The number of carbonyl (C=O) groups is 4. The van der Waals surface area contributed by atoms with E-state index in [1.807, 2.05) is 0 Å². The highest BCUT2D eigenvalue weighted by Crippen LogP contribution is 2.43. The first kappa shape index (κ1) is 38.9. The molecule has 48 heavy (non-hydrogen) atoms. The molecule has 4 atom stereocenters. The zero-order chi connectivity index (χ0) is 35.1. The zero-order valence-corrected chi connectivity index (χ0v) is 31.0. The molecule has 14 heteroatoms. The molecule has 2 fully saturated rings. The number of hydrogen-bond donors (Lipinski definition) is 0. The average molecular weight is 785 g/mol. The summed E-state index contributed by atoms with van der Waals surface area (Å²) in [4.78, 5) is 52.4. The SMILES string of the molecule is CCC1CCCC1CCOC(=O)c1c(Cl)c(Cl)cc(Cl)c1OC(=O)C(=O)Oc1c(Cl)cc(Cl)c(Cl)c1C(=O)OCCC1CCCC1CC. The van der Waals surface area contributed by atoms with Crippen LogP contribution in [-0.2, 0) is 19.1 Å². The summed E-state index contributed by atoms with van der Waals surface area (Å²) in [5, 5.41) is -1.42. The second kappa shape index (κ2) is 17.8. The van der Waals surface area contributed by atoms with Crippen molar-refractivity contribution >= 4 is 93.5 Å². The second-order valence-electron chi connectivity index (χ2n) is 12.1. The minimum Gasteiger partial charge on any atom is -0.462 e. The largest absolute Gasteiger partial charge is 0.462 e. The Labute approximate surface area is 309 Å². The van der Waals surface area contributed by atoms with Gasteiger partial charge in [-0.05, 0) is 48.6 Å². The van der Waals surface area contributed by atoms with E-state index in [0.29, 0.717) is 36.5 Å². The predicted molar refractivity (Wildman–Crippen MR) is 186 cm³/mol. The van der Waals surface area contributed by atoms with Gasteiger partial charge in [0.1, 0.15) is 11.1 Å². The zero-order valence-electron chi connectivity index (χ0n) is 26.5. The highest BCUT2D eigenvalue weighted by molar-refractivity contribution is 6.47. The molecule has 262 valence electrons. The van der Waals surface area contributed by atoms with E-state index in [0.717, 1.165) is 63.5 Å². The van der Waals surface area contributed by atoms with Gasteiger partial charge in [-0.25, -0.2) is 19.2 Å².